The molecular formula is C17H18Cl2N2O3S. The summed E-state index contributed by atoms with van der Waals surface area (Å²) in [5, 5.41) is 3.88. The fraction of sp³-hybridized carbons (Fsp3) is 0.235. The summed E-state index contributed by atoms with van der Waals surface area (Å²) < 4.78 is 26.5. The molecule has 0 fully saturated rings. The number of amides is 1. The molecule has 2 N–H and O–H groups in total. The zero-order valence-electron chi connectivity index (χ0n) is 13.3. The molecular weight excluding hydrogens is 383 g/mol. The van der Waals surface area contributed by atoms with Crippen molar-refractivity contribution >= 4 is 39.1 Å². The molecule has 0 aliphatic carbocycles. The summed E-state index contributed by atoms with van der Waals surface area (Å²) in [6, 6.07) is 13.2. The van der Waals surface area contributed by atoms with Crippen LogP contribution in [0.15, 0.2) is 53.4 Å². The molecule has 134 valence electrons. The predicted octanol–water partition coefficient (Wildman–Crippen LogP) is 3.02. The minimum absolute atomic E-state index is 0.0255. The van der Waals surface area contributed by atoms with Crippen molar-refractivity contribution in [1.29, 1.82) is 0 Å². The van der Waals surface area contributed by atoms with Crippen molar-refractivity contribution in [3.63, 3.8) is 0 Å². The van der Waals surface area contributed by atoms with Crippen LogP contribution in [0.3, 0.4) is 0 Å². The zero-order valence-corrected chi connectivity index (χ0v) is 15.7. The first-order valence-corrected chi connectivity index (χ1v) is 9.87. The first-order chi connectivity index (χ1) is 11.9. The van der Waals surface area contributed by atoms with Crippen LogP contribution in [-0.4, -0.2) is 27.4 Å². The Morgan fingerprint density at radius 3 is 2.04 bits per heavy atom. The van der Waals surface area contributed by atoms with Crippen LogP contribution in [0.2, 0.25) is 10.0 Å². The molecule has 8 heteroatoms. The van der Waals surface area contributed by atoms with E-state index < -0.39 is 10.0 Å². The van der Waals surface area contributed by atoms with Crippen LogP contribution in [0.4, 0.5) is 0 Å². The molecule has 2 rings (SSSR count). The number of hydrogen-bond acceptors (Lipinski definition) is 3. The van der Waals surface area contributed by atoms with E-state index in [0.29, 0.717) is 23.0 Å². The van der Waals surface area contributed by atoms with Gasteiger partial charge in [0, 0.05) is 29.6 Å². The third-order valence-electron chi connectivity index (χ3n) is 3.42. The summed E-state index contributed by atoms with van der Waals surface area (Å²) in [4.78, 5) is 11.9. The van der Waals surface area contributed by atoms with Crippen LogP contribution < -0.4 is 10.0 Å². The summed E-state index contributed by atoms with van der Waals surface area (Å²) in [5.74, 6) is -0.215. The Bertz CT molecular complexity index is 807. The highest BCUT2D eigenvalue weighted by Crippen LogP contribution is 2.13. The van der Waals surface area contributed by atoms with Crippen LogP contribution in [0.1, 0.15) is 12.0 Å². The average Bonchev–Trinajstić information content (AvgIpc) is 2.57. The second kappa shape index (κ2) is 9.20. The minimum atomic E-state index is -3.64. The van der Waals surface area contributed by atoms with E-state index in [1.807, 2.05) is 12.1 Å². The highest BCUT2D eigenvalue weighted by Gasteiger charge is 2.13. The quantitative estimate of drug-likeness (QED) is 0.714. The lowest BCUT2D eigenvalue weighted by molar-refractivity contribution is -0.120. The van der Waals surface area contributed by atoms with Gasteiger partial charge < -0.3 is 5.32 Å². The van der Waals surface area contributed by atoms with E-state index in [4.69, 9.17) is 23.2 Å². The Morgan fingerprint density at radius 1 is 0.880 bits per heavy atom. The number of rotatable bonds is 8. The molecule has 0 saturated carbocycles. The third-order valence-corrected chi connectivity index (χ3v) is 5.40. The van der Waals surface area contributed by atoms with E-state index in [9.17, 15) is 13.2 Å². The molecule has 0 unspecified atom stereocenters. The van der Waals surface area contributed by atoms with Gasteiger partial charge in [0.05, 0.1) is 4.90 Å². The molecule has 0 radical (unpaired) electrons. The van der Waals surface area contributed by atoms with Crippen LogP contribution in [0, 0.1) is 0 Å². The molecule has 25 heavy (non-hydrogen) atoms. The van der Waals surface area contributed by atoms with Gasteiger partial charge in [0.2, 0.25) is 15.9 Å². The Kier molecular flexibility index (Phi) is 7.25. The van der Waals surface area contributed by atoms with Crippen molar-refractivity contribution in [2.24, 2.45) is 0 Å². The van der Waals surface area contributed by atoms with Gasteiger partial charge in [-0.15, -0.1) is 0 Å². The molecule has 1 amide bonds. The van der Waals surface area contributed by atoms with E-state index in [-0.39, 0.29) is 23.8 Å². The zero-order chi connectivity index (χ0) is 18.3. The van der Waals surface area contributed by atoms with E-state index in [2.05, 4.69) is 10.0 Å². The molecule has 0 saturated heterocycles. The molecule has 0 aliphatic heterocycles. The predicted molar refractivity (Wildman–Crippen MR) is 99.4 cm³/mol. The molecule has 2 aromatic carbocycles. The lowest BCUT2D eigenvalue weighted by Crippen LogP contribution is -2.31. The first kappa shape index (κ1) is 19.7. The van der Waals surface area contributed by atoms with Gasteiger partial charge in [-0.3, -0.25) is 4.79 Å². The molecule has 0 atom stereocenters. The summed E-state index contributed by atoms with van der Waals surface area (Å²) in [5.41, 5.74) is 1.06. The largest absolute Gasteiger partial charge is 0.356 e. The van der Waals surface area contributed by atoms with Gasteiger partial charge in [-0.05, 0) is 48.4 Å². The van der Waals surface area contributed by atoms with E-state index in [1.165, 1.54) is 24.3 Å². The van der Waals surface area contributed by atoms with Gasteiger partial charge in [0.1, 0.15) is 0 Å². The normalized spacial score (nSPS) is 11.3. The molecule has 0 spiro atoms. The highest BCUT2D eigenvalue weighted by atomic mass is 35.5. The number of sulfonamides is 1. The first-order valence-electron chi connectivity index (χ1n) is 7.63. The Balaban J connectivity index is 1.71. The third kappa shape index (κ3) is 6.66. The van der Waals surface area contributed by atoms with Crippen molar-refractivity contribution < 1.29 is 13.2 Å². The van der Waals surface area contributed by atoms with Crippen molar-refractivity contribution in [1.82, 2.24) is 10.0 Å². The van der Waals surface area contributed by atoms with Gasteiger partial charge >= 0.3 is 0 Å². The number of benzene rings is 2. The van der Waals surface area contributed by atoms with E-state index >= 15 is 0 Å². The smallest absolute Gasteiger partial charge is 0.240 e. The fourth-order valence-corrected chi connectivity index (χ4v) is 3.37. The number of hydrogen-bond donors (Lipinski definition) is 2. The van der Waals surface area contributed by atoms with Crippen molar-refractivity contribution in [3.8, 4) is 0 Å². The van der Waals surface area contributed by atoms with Crippen molar-refractivity contribution in [2.75, 3.05) is 13.1 Å². The molecule has 0 bridgehead atoms. The van der Waals surface area contributed by atoms with Crippen molar-refractivity contribution in [3.05, 3.63) is 64.1 Å². The van der Waals surface area contributed by atoms with E-state index in [0.717, 1.165) is 5.56 Å². The minimum Gasteiger partial charge on any atom is -0.356 e. The highest BCUT2D eigenvalue weighted by molar-refractivity contribution is 7.89. The maximum Gasteiger partial charge on any atom is 0.240 e. The summed E-state index contributed by atoms with van der Waals surface area (Å²) in [6.45, 7) is 0.502. The maximum absolute atomic E-state index is 12.1. The monoisotopic (exact) mass is 400 g/mol. The summed E-state index contributed by atoms with van der Waals surface area (Å²) in [7, 11) is -3.64. The van der Waals surface area contributed by atoms with Crippen LogP contribution in [0.5, 0.6) is 0 Å². The lowest BCUT2D eigenvalue weighted by atomic mass is 10.1. The number of nitrogens with one attached hydrogen (secondary N) is 2. The van der Waals surface area contributed by atoms with Gasteiger partial charge in [0.25, 0.3) is 0 Å². The fourth-order valence-electron chi connectivity index (χ4n) is 2.08. The average molecular weight is 401 g/mol. The number of carbonyl (C=O) groups is 1. The maximum atomic E-state index is 12.1. The Labute approximate surface area is 157 Å². The summed E-state index contributed by atoms with van der Waals surface area (Å²) >= 11 is 11.5. The van der Waals surface area contributed by atoms with Crippen LogP contribution >= 0.6 is 23.2 Å². The molecule has 5 nitrogen and oxygen atoms in total. The van der Waals surface area contributed by atoms with Gasteiger partial charge in [-0.2, -0.15) is 0 Å². The standard InChI is InChI=1S/C17H18Cl2N2O3S/c18-14-3-1-13(2-4-14)9-11-20-17(22)10-12-21-25(23,24)16-7-5-15(19)6-8-16/h1-8,21H,9-12H2,(H,20,22). The number of carbonyl (C=O) groups excluding carboxylic acids is 1. The van der Waals surface area contributed by atoms with Gasteiger partial charge in [-0.1, -0.05) is 35.3 Å². The van der Waals surface area contributed by atoms with Gasteiger partial charge in [0.15, 0.2) is 0 Å². The second-order valence-electron chi connectivity index (χ2n) is 5.33. The number of halogens is 2. The summed E-state index contributed by atoms with van der Waals surface area (Å²) in [6.07, 6.45) is 0.743. The SMILES string of the molecule is O=C(CCNS(=O)(=O)c1ccc(Cl)cc1)NCCc1ccc(Cl)cc1. The van der Waals surface area contributed by atoms with Crippen LogP contribution in [-0.2, 0) is 21.2 Å². The Morgan fingerprint density at radius 2 is 1.44 bits per heavy atom. The molecule has 2 aromatic rings. The molecule has 0 aliphatic rings. The second-order valence-corrected chi connectivity index (χ2v) is 7.97. The lowest BCUT2D eigenvalue weighted by Gasteiger charge is -2.08. The topological polar surface area (TPSA) is 75.3 Å². The molecule has 0 aromatic heterocycles. The van der Waals surface area contributed by atoms with Crippen molar-refractivity contribution in [2.45, 2.75) is 17.7 Å². The van der Waals surface area contributed by atoms with E-state index in [1.54, 1.807) is 12.1 Å². The van der Waals surface area contributed by atoms with Gasteiger partial charge in [-0.25, -0.2) is 13.1 Å². The Hall–Kier alpha value is -1.60. The van der Waals surface area contributed by atoms with Crippen LogP contribution in [0.25, 0.3) is 0 Å². The molecule has 0 heterocycles.